The van der Waals surface area contributed by atoms with Crippen molar-refractivity contribution < 1.29 is 24.5 Å². The van der Waals surface area contributed by atoms with Gasteiger partial charge in [0.25, 0.3) is 0 Å². The molecular weight excluding hydrogens is 420 g/mol. The van der Waals surface area contributed by atoms with Crippen LogP contribution in [0.2, 0.25) is 0 Å². The average Bonchev–Trinajstić information content (AvgIpc) is 2.76. The molecular formula is C27H36O6. The van der Waals surface area contributed by atoms with Crippen molar-refractivity contribution >= 4 is 16.8 Å². The molecule has 0 saturated carbocycles. The molecule has 0 radical (unpaired) electrons. The van der Waals surface area contributed by atoms with E-state index >= 15 is 0 Å². The summed E-state index contributed by atoms with van der Waals surface area (Å²) in [7, 11) is 0. The molecule has 6 nitrogen and oxygen atoms in total. The molecule has 0 unspecified atom stereocenters. The lowest BCUT2D eigenvalue weighted by atomic mass is 9.89. The number of aliphatic hydroxyl groups excluding tert-OH is 1. The molecule has 180 valence electrons. The van der Waals surface area contributed by atoms with E-state index in [9.17, 15) is 24.9 Å². The highest BCUT2D eigenvalue weighted by atomic mass is 16.4. The van der Waals surface area contributed by atoms with Crippen molar-refractivity contribution in [2.24, 2.45) is 5.92 Å². The minimum atomic E-state index is -1.03. The fourth-order valence-corrected chi connectivity index (χ4v) is 3.76. The van der Waals surface area contributed by atoms with Gasteiger partial charge < -0.3 is 19.7 Å². The summed E-state index contributed by atoms with van der Waals surface area (Å²) in [6, 6.07) is 1.13. The monoisotopic (exact) mass is 456 g/mol. The third-order valence-electron chi connectivity index (χ3n) is 6.06. The van der Waals surface area contributed by atoms with Gasteiger partial charge in [0, 0.05) is 23.1 Å². The molecule has 1 heterocycles. The van der Waals surface area contributed by atoms with Crippen LogP contribution in [0.25, 0.3) is 11.0 Å². The van der Waals surface area contributed by atoms with E-state index in [0.717, 1.165) is 24.5 Å². The molecule has 0 aliphatic carbocycles. The Balaban J connectivity index is 2.77. The molecule has 2 aromatic rings. The fourth-order valence-electron chi connectivity index (χ4n) is 3.76. The van der Waals surface area contributed by atoms with Gasteiger partial charge in [0.1, 0.15) is 17.1 Å². The maximum absolute atomic E-state index is 13.2. The highest BCUT2D eigenvalue weighted by molar-refractivity contribution is 6.12. The Morgan fingerprint density at radius 1 is 1.09 bits per heavy atom. The molecule has 1 aromatic heterocycles. The predicted octanol–water partition coefficient (Wildman–Crippen LogP) is 6.11. The maximum Gasteiger partial charge on any atom is 0.336 e. The summed E-state index contributed by atoms with van der Waals surface area (Å²) >= 11 is 0. The number of rotatable bonds is 10. The normalized spacial score (nSPS) is 13.7. The van der Waals surface area contributed by atoms with Crippen LogP contribution in [-0.2, 0) is 6.42 Å². The van der Waals surface area contributed by atoms with E-state index < -0.39 is 17.6 Å². The first-order valence-corrected chi connectivity index (χ1v) is 11.6. The smallest absolute Gasteiger partial charge is 0.336 e. The zero-order valence-corrected chi connectivity index (χ0v) is 20.5. The molecule has 2 atom stereocenters. The number of benzene rings is 1. The molecule has 0 bridgehead atoms. The van der Waals surface area contributed by atoms with Crippen molar-refractivity contribution in [1.82, 2.24) is 0 Å². The van der Waals surface area contributed by atoms with Gasteiger partial charge in [0.2, 0.25) is 0 Å². The Kier molecular flexibility index (Phi) is 9.06. The summed E-state index contributed by atoms with van der Waals surface area (Å²) in [5.41, 5.74) is 1.62. The second-order valence-electron chi connectivity index (χ2n) is 8.95. The van der Waals surface area contributed by atoms with Gasteiger partial charge >= 0.3 is 5.63 Å². The summed E-state index contributed by atoms with van der Waals surface area (Å²) < 4.78 is 5.33. The number of hydrogen-bond donors (Lipinski definition) is 3. The number of aliphatic hydroxyl groups is 1. The van der Waals surface area contributed by atoms with Gasteiger partial charge in [0.15, 0.2) is 11.4 Å². The summed E-state index contributed by atoms with van der Waals surface area (Å²) in [5, 5.41) is 32.8. The second kappa shape index (κ2) is 11.3. The second-order valence-corrected chi connectivity index (χ2v) is 8.95. The molecule has 0 spiro atoms. The zero-order valence-electron chi connectivity index (χ0n) is 20.5. The van der Waals surface area contributed by atoms with E-state index in [1.807, 2.05) is 33.8 Å². The summed E-state index contributed by atoms with van der Waals surface area (Å²) in [6.45, 7) is 11.4. The van der Waals surface area contributed by atoms with Crippen molar-refractivity contribution in [3.63, 3.8) is 0 Å². The van der Waals surface area contributed by atoms with Crippen LogP contribution in [-0.4, -0.2) is 21.1 Å². The van der Waals surface area contributed by atoms with Gasteiger partial charge in [-0.15, -0.1) is 0 Å². The highest BCUT2D eigenvalue weighted by Crippen LogP contribution is 2.44. The van der Waals surface area contributed by atoms with Crippen molar-refractivity contribution in [1.29, 1.82) is 0 Å². The van der Waals surface area contributed by atoms with Gasteiger partial charge in [-0.1, -0.05) is 44.1 Å². The van der Waals surface area contributed by atoms with Crippen LogP contribution in [0.1, 0.15) is 94.8 Å². The number of allylic oxidation sites excluding steroid dienone is 4. The molecule has 0 fully saturated rings. The van der Waals surface area contributed by atoms with Crippen LogP contribution in [0, 0.1) is 5.92 Å². The first-order valence-electron chi connectivity index (χ1n) is 11.6. The third kappa shape index (κ3) is 5.93. The first-order chi connectivity index (χ1) is 15.5. The average molecular weight is 457 g/mol. The SMILES string of the molecule is CC[C@@H](C)C(=O)c1c(O)c(CC=C(C)CCC=C(C)C)c(O)c2c([C@H](O)CC)cc(=O)oc12. The summed E-state index contributed by atoms with van der Waals surface area (Å²) in [4.78, 5) is 25.4. The van der Waals surface area contributed by atoms with E-state index in [2.05, 4.69) is 6.08 Å². The number of fused-ring (bicyclic) bond motifs is 1. The molecule has 6 heteroatoms. The number of carbonyl (C=O) groups is 1. The lowest BCUT2D eigenvalue weighted by Crippen LogP contribution is -2.14. The highest BCUT2D eigenvalue weighted by Gasteiger charge is 2.30. The quantitative estimate of drug-likeness (QED) is 0.226. The molecule has 2 rings (SSSR count). The molecule has 3 N–H and O–H groups in total. The summed E-state index contributed by atoms with van der Waals surface area (Å²) in [6.07, 6.45) is 5.75. The Bertz CT molecular complexity index is 1130. The first kappa shape index (κ1) is 26.4. The lowest BCUT2D eigenvalue weighted by Gasteiger charge is -2.19. The number of carbonyl (C=O) groups excluding carboxylic acids is 1. The molecule has 0 aliphatic heterocycles. The molecule has 33 heavy (non-hydrogen) atoms. The molecule has 1 aromatic carbocycles. The largest absolute Gasteiger partial charge is 0.507 e. The summed E-state index contributed by atoms with van der Waals surface area (Å²) in [5.74, 6) is -1.48. The van der Waals surface area contributed by atoms with Crippen molar-refractivity contribution in [2.75, 3.05) is 0 Å². The van der Waals surface area contributed by atoms with Crippen molar-refractivity contribution in [3.8, 4) is 11.5 Å². The van der Waals surface area contributed by atoms with Crippen LogP contribution in [0.5, 0.6) is 11.5 Å². The molecule has 0 amide bonds. The maximum atomic E-state index is 13.2. The van der Waals surface area contributed by atoms with Crippen LogP contribution in [0.4, 0.5) is 0 Å². The predicted molar refractivity (Wildman–Crippen MR) is 131 cm³/mol. The zero-order chi connectivity index (χ0) is 24.9. The van der Waals surface area contributed by atoms with Gasteiger partial charge in [-0.3, -0.25) is 4.79 Å². The number of hydrogen-bond acceptors (Lipinski definition) is 6. The topological polar surface area (TPSA) is 108 Å². The van der Waals surface area contributed by atoms with E-state index in [1.165, 1.54) is 5.57 Å². The third-order valence-corrected chi connectivity index (χ3v) is 6.06. The fraction of sp³-hybridized carbons (Fsp3) is 0.481. The lowest BCUT2D eigenvalue weighted by molar-refractivity contribution is 0.0925. The van der Waals surface area contributed by atoms with E-state index in [-0.39, 0.29) is 51.4 Å². The minimum Gasteiger partial charge on any atom is -0.507 e. The Morgan fingerprint density at radius 2 is 1.76 bits per heavy atom. The number of phenolic OH excluding ortho intramolecular Hbond substituents is 2. The van der Waals surface area contributed by atoms with E-state index in [1.54, 1.807) is 13.8 Å². The van der Waals surface area contributed by atoms with Gasteiger partial charge in [-0.05, 0) is 52.9 Å². The minimum absolute atomic E-state index is 0.0963. The molecule has 0 aliphatic rings. The van der Waals surface area contributed by atoms with Crippen molar-refractivity contribution in [3.05, 3.63) is 56.5 Å². The van der Waals surface area contributed by atoms with Crippen molar-refractivity contribution in [2.45, 2.75) is 79.8 Å². The van der Waals surface area contributed by atoms with Crippen LogP contribution in [0.3, 0.4) is 0 Å². The van der Waals surface area contributed by atoms with E-state index in [0.29, 0.717) is 12.8 Å². The van der Waals surface area contributed by atoms with Crippen LogP contribution < -0.4 is 5.63 Å². The number of phenols is 2. The Morgan fingerprint density at radius 3 is 2.33 bits per heavy atom. The Labute approximate surface area is 195 Å². The molecule has 0 saturated heterocycles. The van der Waals surface area contributed by atoms with E-state index in [4.69, 9.17) is 4.42 Å². The Hall–Kier alpha value is -2.86. The van der Waals surface area contributed by atoms with Crippen LogP contribution in [0.15, 0.2) is 38.6 Å². The van der Waals surface area contributed by atoms with Crippen LogP contribution >= 0.6 is 0 Å². The van der Waals surface area contributed by atoms with Gasteiger partial charge in [0.05, 0.1) is 11.5 Å². The number of Topliss-reactive ketones (excluding diaryl/α,β-unsaturated/α-hetero) is 1. The standard InChI is InChI=1S/C27H36O6/c1-7-17(6)24(30)23-26(32)18(13-12-16(5)11-9-10-15(3)4)25(31)22-19(20(28)8-2)14-21(29)33-27(22)23/h10,12,14,17,20,28,31-32H,7-9,11,13H2,1-6H3/t17-,20-/m1/s1. The van der Waals surface area contributed by atoms with Gasteiger partial charge in [-0.2, -0.15) is 0 Å². The number of aromatic hydroxyl groups is 2. The van der Waals surface area contributed by atoms with Gasteiger partial charge in [-0.25, -0.2) is 4.79 Å². The number of ketones is 1.